The van der Waals surface area contributed by atoms with Crippen molar-refractivity contribution in [1.29, 1.82) is 0 Å². The third-order valence-electron chi connectivity index (χ3n) is 6.58. The smallest absolute Gasteiger partial charge is 0.264 e. The predicted octanol–water partition coefficient (Wildman–Crippen LogP) is 5.85. The van der Waals surface area contributed by atoms with Crippen molar-refractivity contribution in [3.8, 4) is 22.9 Å². The Labute approximate surface area is 230 Å². The minimum Gasteiger partial charge on any atom is -0.473 e. The molecule has 39 heavy (non-hydrogen) atoms. The lowest BCUT2D eigenvalue weighted by Crippen LogP contribution is -2.37. The second-order valence-corrected chi connectivity index (χ2v) is 11.2. The summed E-state index contributed by atoms with van der Waals surface area (Å²) < 4.78 is 40.2. The number of benzene rings is 3. The fraction of sp³-hybridized carbons (Fsp3) is 0.258. The molecule has 0 N–H and O–H groups in total. The number of rotatable bonds is 10. The molecule has 1 aliphatic heterocycles. The zero-order valence-corrected chi connectivity index (χ0v) is 22.7. The van der Waals surface area contributed by atoms with Crippen molar-refractivity contribution in [3.63, 3.8) is 0 Å². The van der Waals surface area contributed by atoms with Crippen LogP contribution in [0.1, 0.15) is 24.0 Å². The molecule has 7 nitrogen and oxygen atoms in total. The van der Waals surface area contributed by atoms with Gasteiger partial charge in [-0.25, -0.2) is 0 Å². The van der Waals surface area contributed by atoms with Gasteiger partial charge in [0.2, 0.25) is 11.8 Å². The van der Waals surface area contributed by atoms with Crippen molar-refractivity contribution in [2.75, 3.05) is 24.2 Å². The summed E-state index contributed by atoms with van der Waals surface area (Å²) in [6.07, 6.45) is 2.18. The number of ether oxygens (including phenoxy) is 2. The molecule has 0 atom stereocenters. The van der Waals surface area contributed by atoms with E-state index in [0.29, 0.717) is 37.8 Å². The van der Waals surface area contributed by atoms with Crippen LogP contribution in [0.15, 0.2) is 97.1 Å². The Morgan fingerprint density at radius 1 is 0.769 bits per heavy atom. The van der Waals surface area contributed by atoms with Gasteiger partial charge in [0, 0.05) is 30.4 Å². The van der Waals surface area contributed by atoms with Crippen molar-refractivity contribution < 1.29 is 22.1 Å². The second-order valence-electron chi connectivity index (χ2n) is 9.58. The molecule has 1 aromatic heterocycles. The number of hydrogen-bond acceptors (Lipinski definition) is 7. The highest BCUT2D eigenvalue weighted by atomic mass is 32.2. The molecular weight excluding hydrogens is 512 g/mol. The summed E-state index contributed by atoms with van der Waals surface area (Å²) in [5.74, 6) is 1.01. The molecule has 0 aliphatic carbocycles. The molecule has 0 amide bonds. The molecule has 4 aromatic rings. The van der Waals surface area contributed by atoms with E-state index in [0.717, 1.165) is 47.3 Å². The third-order valence-corrected chi connectivity index (χ3v) is 7.20. The molecule has 5 rings (SSSR count). The zero-order chi connectivity index (χ0) is 27.1. The van der Waals surface area contributed by atoms with Gasteiger partial charge in [-0.15, -0.1) is 0 Å². The van der Waals surface area contributed by atoms with Gasteiger partial charge in [-0.3, -0.25) is 4.18 Å². The van der Waals surface area contributed by atoms with E-state index < -0.39 is 10.1 Å². The molecule has 0 unspecified atom stereocenters. The predicted molar refractivity (Wildman–Crippen MR) is 152 cm³/mol. The molecule has 1 saturated heterocycles. The summed E-state index contributed by atoms with van der Waals surface area (Å²) in [4.78, 5) is 6.96. The molecule has 0 spiro atoms. The summed E-state index contributed by atoms with van der Waals surface area (Å²) >= 11 is 0. The van der Waals surface area contributed by atoms with Gasteiger partial charge < -0.3 is 14.4 Å². The van der Waals surface area contributed by atoms with Crippen LogP contribution in [0.4, 0.5) is 5.69 Å². The van der Waals surface area contributed by atoms with Crippen molar-refractivity contribution in [2.45, 2.75) is 32.2 Å². The van der Waals surface area contributed by atoms with E-state index in [4.69, 9.17) is 18.6 Å². The molecule has 1 aliphatic rings. The molecule has 3 aromatic carbocycles. The summed E-state index contributed by atoms with van der Waals surface area (Å²) in [6.45, 7) is 2.29. The van der Waals surface area contributed by atoms with E-state index in [1.165, 1.54) is 0 Å². The number of aromatic nitrogens is 1. The van der Waals surface area contributed by atoms with Crippen LogP contribution < -0.4 is 14.4 Å². The van der Waals surface area contributed by atoms with Crippen LogP contribution in [0.2, 0.25) is 0 Å². The summed E-state index contributed by atoms with van der Waals surface area (Å²) in [5, 5.41) is 0. The molecule has 0 radical (unpaired) electrons. The van der Waals surface area contributed by atoms with Gasteiger partial charge in [0.15, 0.2) is 0 Å². The van der Waals surface area contributed by atoms with Crippen LogP contribution in [0.5, 0.6) is 11.8 Å². The van der Waals surface area contributed by atoms with Gasteiger partial charge in [-0.05, 0) is 47.7 Å². The lowest BCUT2D eigenvalue weighted by molar-refractivity contribution is 0.180. The van der Waals surface area contributed by atoms with Crippen molar-refractivity contribution in [3.05, 3.63) is 108 Å². The van der Waals surface area contributed by atoms with Gasteiger partial charge in [0.1, 0.15) is 13.2 Å². The third kappa shape index (κ3) is 7.59. The van der Waals surface area contributed by atoms with Gasteiger partial charge in [-0.2, -0.15) is 13.4 Å². The first-order chi connectivity index (χ1) is 18.9. The number of pyridine rings is 1. The lowest BCUT2D eigenvalue weighted by Gasteiger charge is -2.33. The monoisotopic (exact) mass is 544 g/mol. The molecule has 202 valence electrons. The fourth-order valence-corrected chi connectivity index (χ4v) is 5.29. The highest BCUT2D eigenvalue weighted by Gasteiger charge is 2.23. The maximum absolute atomic E-state index is 11.4. The number of nitrogens with zero attached hydrogens (tertiary/aromatic N) is 2. The maximum atomic E-state index is 11.4. The van der Waals surface area contributed by atoms with E-state index in [1.807, 2.05) is 72.8 Å². The van der Waals surface area contributed by atoms with Gasteiger partial charge in [-0.1, -0.05) is 72.8 Å². The Morgan fingerprint density at radius 2 is 1.36 bits per heavy atom. The first-order valence-corrected chi connectivity index (χ1v) is 14.8. The highest BCUT2D eigenvalue weighted by Crippen LogP contribution is 2.33. The molecule has 2 heterocycles. The average molecular weight is 545 g/mol. The summed E-state index contributed by atoms with van der Waals surface area (Å²) in [7, 11) is -3.44. The van der Waals surface area contributed by atoms with Crippen LogP contribution in [-0.4, -0.2) is 38.9 Å². The Bertz CT molecular complexity index is 1450. The zero-order valence-electron chi connectivity index (χ0n) is 21.9. The van der Waals surface area contributed by atoms with E-state index >= 15 is 0 Å². The first-order valence-electron chi connectivity index (χ1n) is 13.0. The second kappa shape index (κ2) is 12.3. The van der Waals surface area contributed by atoms with Crippen molar-refractivity contribution >= 4 is 15.8 Å². The topological polar surface area (TPSA) is 78.0 Å². The van der Waals surface area contributed by atoms with Crippen molar-refractivity contribution in [1.82, 2.24) is 4.98 Å². The average Bonchev–Trinajstić information content (AvgIpc) is 2.96. The number of piperidine rings is 1. The van der Waals surface area contributed by atoms with Crippen LogP contribution in [0.25, 0.3) is 11.1 Å². The van der Waals surface area contributed by atoms with Gasteiger partial charge in [0.05, 0.1) is 12.4 Å². The van der Waals surface area contributed by atoms with Crippen LogP contribution in [0.3, 0.4) is 0 Å². The molecular formula is C31H32N2O5S. The van der Waals surface area contributed by atoms with E-state index in [-0.39, 0.29) is 6.10 Å². The normalized spacial score (nSPS) is 14.2. The minimum absolute atomic E-state index is 0.256. The van der Waals surface area contributed by atoms with Gasteiger partial charge >= 0.3 is 0 Å². The van der Waals surface area contributed by atoms with Crippen LogP contribution >= 0.6 is 0 Å². The summed E-state index contributed by atoms with van der Waals surface area (Å²) in [5.41, 5.74) is 5.07. The van der Waals surface area contributed by atoms with Crippen molar-refractivity contribution in [2.24, 2.45) is 0 Å². The van der Waals surface area contributed by atoms with E-state index in [2.05, 4.69) is 29.2 Å². The van der Waals surface area contributed by atoms with Gasteiger partial charge in [0.25, 0.3) is 10.1 Å². The van der Waals surface area contributed by atoms with Crippen LogP contribution in [0, 0.1) is 0 Å². The minimum atomic E-state index is -3.44. The maximum Gasteiger partial charge on any atom is 0.264 e. The molecule has 1 fully saturated rings. The molecule has 0 saturated carbocycles. The highest BCUT2D eigenvalue weighted by molar-refractivity contribution is 7.86. The Balaban J connectivity index is 1.31. The lowest BCUT2D eigenvalue weighted by atomic mass is 10.0. The SMILES string of the molecule is CS(=O)(=O)OC1CCN(c2ccc(-c3ccc(OCc4ccccc4)nc3OCc3ccccc3)cc2)CC1. The largest absolute Gasteiger partial charge is 0.473 e. The van der Waals surface area contributed by atoms with E-state index in [9.17, 15) is 8.42 Å². The molecule has 8 heteroatoms. The summed E-state index contributed by atoms with van der Waals surface area (Å²) in [6, 6.07) is 32.1. The Morgan fingerprint density at radius 3 is 1.95 bits per heavy atom. The molecule has 0 bridgehead atoms. The Hall–Kier alpha value is -3.88. The van der Waals surface area contributed by atoms with E-state index in [1.54, 1.807) is 0 Å². The number of anilines is 1. The number of hydrogen-bond donors (Lipinski definition) is 0. The fourth-order valence-electron chi connectivity index (χ4n) is 4.60. The standard InChI is InChI=1S/C31H32N2O5S/c1-39(34,35)38-28-18-20-33(21-19-28)27-14-12-26(13-15-27)29-16-17-30(36-22-24-8-4-2-5-9-24)32-31(29)37-23-25-10-6-3-7-11-25/h2-17,28H,18-23H2,1H3. The van der Waals surface area contributed by atoms with Crippen LogP contribution in [-0.2, 0) is 27.5 Å². The Kier molecular flexibility index (Phi) is 8.44. The quantitative estimate of drug-likeness (QED) is 0.232. The first kappa shape index (κ1) is 26.7.